The first-order valence-electron chi connectivity index (χ1n) is 30.1. The number of aliphatic hydroxyl groups excluding tert-OH is 4. The second-order valence-electron chi connectivity index (χ2n) is 20.9. The molecule has 22 heteroatoms. The van der Waals surface area contributed by atoms with Crippen LogP contribution in [-0.4, -0.2) is 129 Å². The Hall–Kier alpha value is -4.07. The van der Waals surface area contributed by atoms with E-state index < -0.39 is 0 Å². The van der Waals surface area contributed by atoms with Gasteiger partial charge < -0.3 is 79.9 Å². The molecule has 6 aromatic carbocycles. The number of phenolic OH excluding ortho intramolecular Hbond substituents is 1. The van der Waals surface area contributed by atoms with Gasteiger partial charge in [-0.15, -0.1) is 23.2 Å². The monoisotopic (exact) mass is 1570 g/mol. The molecule has 0 radical (unpaired) electrons. The van der Waals surface area contributed by atoms with E-state index in [0.29, 0.717) is 52.9 Å². The van der Waals surface area contributed by atoms with E-state index in [1.54, 1.807) is 39.5 Å². The van der Waals surface area contributed by atoms with Gasteiger partial charge in [0, 0.05) is 70.8 Å². The molecule has 7 rings (SSSR count). The average molecular weight is 1570 g/mol. The van der Waals surface area contributed by atoms with Gasteiger partial charge in [0.2, 0.25) is 0 Å². The topological polar surface area (TPSA) is 231 Å². The van der Waals surface area contributed by atoms with Crippen molar-refractivity contribution in [3.63, 3.8) is 0 Å². The van der Waals surface area contributed by atoms with E-state index in [4.69, 9.17) is 91.4 Å². The summed E-state index contributed by atoms with van der Waals surface area (Å²) in [5.74, 6) is 4.42. The van der Waals surface area contributed by atoms with Gasteiger partial charge >= 0.3 is 59.1 Å². The molecule has 0 spiro atoms. The third kappa shape index (κ3) is 69.4. The van der Waals surface area contributed by atoms with Gasteiger partial charge in [-0.25, -0.2) is 0 Å². The summed E-state index contributed by atoms with van der Waals surface area (Å²) in [4.78, 5) is 10.4. The van der Waals surface area contributed by atoms with Crippen molar-refractivity contribution in [1.82, 2.24) is 0 Å². The summed E-state index contributed by atoms with van der Waals surface area (Å²) >= 11 is 16.1. The van der Waals surface area contributed by atoms with E-state index >= 15 is 0 Å². The van der Waals surface area contributed by atoms with Crippen molar-refractivity contribution in [2.75, 3.05) is 92.0 Å². The second-order valence-corrected chi connectivity index (χ2v) is 22.9. The number of aldehydes is 1. The third-order valence-corrected chi connectivity index (χ3v) is 12.6. The van der Waals surface area contributed by atoms with Crippen molar-refractivity contribution in [3.05, 3.63) is 228 Å². The maximum Gasteiger partial charge on any atom is 1.00 e. The van der Waals surface area contributed by atoms with Gasteiger partial charge in [0.05, 0.1) is 51.6 Å². The van der Waals surface area contributed by atoms with E-state index in [9.17, 15) is 4.79 Å². The summed E-state index contributed by atoms with van der Waals surface area (Å²) in [6, 6.07) is 45.3. The van der Waals surface area contributed by atoms with Crippen LogP contribution in [0.3, 0.4) is 0 Å². The molecule has 0 amide bonds. The zero-order valence-electron chi connectivity index (χ0n) is 60.4. The molecule has 0 bridgehead atoms. The third-order valence-electron chi connectivity index (χ3n) is 11.0. The molecule has 2 atom stereocenters. The quantitative estimate of drug-likeness (QED) is 0.0140. The number of alkyl halides is 4. The summed E-state index contributed by atoms with van der Waals surface area (Å²) in [6.07, 6.45) is 3.44. The number of aromatic hydroxyl groups is 1. The molecule has 0 aromatic heterocycles. The van der Waals surface area contributed by atoms with Crippen LogP contribution in [0.1, 0.15) is 104 Å². The maximum absolute atomic E-state index is 10.4. The first-order chi connectivity index (χ1) is 45.2. The van der Waals surface area contributed by atoms with Crippen LogP contribution in [0.15, 0.2) is 194 Å². The normalized spacial score (nSPS) is 10.4. The fraction of sp³-hybridized carbons (Fsp3) is 0.416. The van der Waals surface area contributed by atoms with Gasteiger partial charge in [0.15, 0.2) is 0 Å². The number of methoxy groups -OCH3 is 3. The molecule has 99 heavy (non-hydrogen) atoms. The summed E-state index contributed by atoms with van der Waals surface area (Å²) < 4.78 is 47.4. The molecule has 6 aromatic rings. The van der Waals surface area contributed by atoms with Crippen LogP contribution in [0.2, 0.25) is 0 Å². The van der Waals surface area contributed by atoms with E-state index in [1.807, 2.05) is 157 Å². The smallest absolute Gasteiger partial charge is 1.00 e. The van der Waals surface area contributed by atoms with Crippen LogP contribution in [-0.2, 0) is 62.1 Å². The fourth-order valence-electron chi connectivity index (χ4n) is 6.47. The minimum absolute atomic E-state index is 0. The molecular weight excluding hydrogens is 1460 g/mol. The Morgan fingerprint density at radius 3 is 1.08 bits per heavy atom. The molecule has 1 heterocycles. The molecule has 0 saturated carbocycles. The van der Waals surface area contributed by atoms with E-state index in [2.05, 4.69) is 64.2 Å². The SMILES string of the molecule is C.C.C1CCOC1.C=C(C)CBr.C=C(C)COc1cccc(CBr)c1.C=C(C)COc1cccc(CO)c1.C=C(C)COc1cccc(COC)c1.CO.COCc1cccc(OCC(C)C=O)c1.COCc1cccc(OCC(C)CO)c1.ClCCl.OCc1cccc(O)c1.[H-].[Na+].[Na+].[OH-]. The first-order valence-corrected chi connectivity index (χ1v) is 33.5. The van der Waals surface area contributed by atoms with Crippen molar-refractivity contribution in [2.24, 2.45) is 11.8 Å². The van der Waals surface area contributed by atoms with E-state index in [0.717, 1.165) is 111 Å². The Kier molecular flexibility index (Phi) is 87.4. The summed E-state index contributed by atoms with van der Waals surface area (Å²) in [5, 5.41) is 44.1. The van der Waals surface area contributed by atoms with Gasteiger partial charge in [-0.05, 0) is 163 Å². The number of hydrogen-bond acceptors (Lipinski definition) is 16. The molecule has 0 aliphatic carbocycles. The van der Waals surface area contributed by atoms with E-state index in [-0.39, 0.29) is 124 Å². The van der Waals surface area contributed by atoms with Crippen molar-refractivity contribution in [1.29, 1.82) is 0 Å². The Morgan fingerprint density at radius 1 is 0.525 bits per heavy atom. The Balaban J connectivity index is -0.000000135. The second kappa shape index (κ2) is 78.1. The van der Waals surface area contributed by atoms with Crippen molar-refractivity contribution in [2.45, 2.75) is 108 Å². The largest absolute Gasteiger partial charge is 1.00 e. The number of halogens is 4. The van der Waals surface area contributed by atoms with Crippen molar-refractivity contribution in [3.8, 4) is 34.5 Å². The van der Waals surface area contributed by atoms with Gasteiger partial charge in [-0.1, -0.05) is 165 Å². The van der Waals surface area contributed by atoms with Gasteiger partial charge in [-0.3, -0.25) is 0 Å². The molecule has 1 saturated heterocycles. The van der Waals surface area contributed by atoms with Crippen LogP contribution in [0, 0.1) is 11.8 Å². The molecule has 550 valence electrons. The van der Waals surface area contributed by atoms with E-state index in [1.165, 1.54) is 30.0 Å². The predicted molar refractivity (Wildman–Crippen MR) is 410 cm³/mol. The number of rotatable bonds is 27. The van der Waals surface area contributed by atoms with Gasteiger partial charge in [0.25, 0.3) is 0 Å². The number of hydrogen-bond donors (Lipinski definition) is 5. The number of carbonyl (C=O) groups is 1. The van der Waals surface area contributed by atoms with Crippen LogP contribution < -0.4 is 82.8 Å². The number of phenols is 1. The molecule has 1 aliphatic rings. The summed E-state index contributed by atoms with van der Waals surface area (Å²) in [7, 11) is 6.00. The Morgan fingerprint density at radius 2 is 0.818 bits per heavy atom. The van der Waals surface area contributed by atoms with Crippen LogP contribution in [0.4, 0.5) is 0 Å². The molecule has 6 N–H and O–H groups in total. The number of carbonyl (C=O) groups excluding carboxylic acids is 1. The number of benzene rings is 6. The van der Waals surface area contributed by atoms with Crippen LogP contribution in [0.25, 0.3) is 0 Å². The first kappa shape index (κ1) is 111. The number of allylic oxidation sites excluding steroid dienone is 1. The molecular formula is C77H116Br2Cl2Na2O16. The van der Waals surface area contributed by atoms with Gasteiger partial charge in [-0.2, -0.15) is 0 Å². The molecule has 1 aliphatic heterocycles. The minimum atomic E-state index is -0.0731. The summed E-state index contributed by atoms with van der Waals surface area (Å²) in [6.45, 7) is 33.1. The van der Waals surface area contributed by atoms with Crippen LogP contribution >= 0.6 is 55.1 Å². The molecule has 2 unspecified atom stereocenters. The molecule has 16 nitrogen and oxygen atoms in total. The molecule has 1 fully saturated rings. The zero-order valence-corrected chi connectivity index (χ0v) is 68.1. The van der Waals surface area contributed by atoms with Gasteiger partial charge in [0.1, 0.15) is 60.6 Å². The van der Waals surface area contributed by atoms with Crippen molar-refractivity contribution >= 4 is 61.3 Å². The predicted octanol–water partition coefficient (Wildman–Crippen LogP) is 12.2. The number of aliphatic hydroxyl groups is 4. The Labute approximate surface area is 667 Å². The Bertz CT molecular complexity index is 2810. The standard InChI is InChI=1S/C12H18O3.C12H16O3.C12H16O2.C11H13BrO.C11H14O2.C7H8O2.C4H7Br.C4H8O.CH2Cl2.CH4O.2CH4.2Na.H2O.H/c2*1-10(7-13)8-15-12-5-3-4-11(6-12)9-14-2;1-10(2)8-14-12-6-4-5-11(7-12)9-13-3;2*1-9(2)8-13-11-5-3-4-10(6-11)7-12;8-5-6-2-1-3-7(9)4-6;1-4(2)3-5;1-2-4-5-3-1;2-1-3;1-2;;;;;;/h3-6,10,13H,7-9H2,1-2H3;3-7,10H,8-9H2,1-2H3;4-7H,1,8-9H2,2-3H3;3-6H,1,7-8H2,2H3;3-6,12H,1,7-8H2,2H3;1-4,8-9H,5H2;1,3H2,2H3;1-4H2;1H2;2H,1H3;2*1H4;;;1H2;/q;;;;;;;;;;;;2*+1;;-1/p-1. The zero-order chi connectivity index (χ0) is 71.2. The number of ether oxygens (including phenoxy) is 9. The maximum atomic E-state index is 10.4. The fourth-order valence-corrected chi connectivity index (χ4v) is 6.82. The average Bonchev–Trinajstić information content (AvgIpc) is 1.06. The van der Waals surface area contributed by atoms with Crippen LogP contribution in [0.5, 0.6) is 34.5 Å². The minimum Gasteiger partial charge on any atom is -1.00 e. The summed E-state index contributed by atoms with van der Waals surface area (Å²) in [5.41, 5.74) is 10.3. The van der Waals surface area contributed by atoms with Crippen molar-refractivity contribution < 1.29 is 139 Å².